The average molecular weight is 256 g/mol. The van der Waals surface area contributed by atoms with E-state index in [0.29, 0.717) is 23.3 Å². The molecular formula is C12H18ClN3O. The first-order valence-electron chi connectivity index (χ1n) is 5.73. The molecule has 0 spiro atoms. The summed E-state index contributed by atoms with van der Waals surface area (Å²) in [5.74, 6) is 0.575. The van der Waals surface area contributed by atoms with E-state index in [-0.39, 0.29) is 18.3 Å². The molecule has 17 heavy (non-hydrogen) atoms. The standard InChI is InChI=1S/C12H17N3O.ClH/c1-2-3-8-6-11(8)15-12(16)10-5-4-9(13)7-14-10;/h4-5,7-8,11H,2-3,6,13H2,1H3,(H,15,16);1H. The minimum atomic E-state index is -0.0939. The van der Waals surface area contributed by atoms with Crippen molar-refractivity contribution in [3.8, 4) is 0 Å². The molecule has 1 heterocycles. The number of halogens is 1. The summed E-state index contributed by atoms with van der Waals surface area (Å²) < 4.78 is 0. The Labute approximate surface area is 107 Å². The second-order valence-electron chi connectivity index (χ2n) is 4.34. The van der Waals surface area contributed by atoms with Crippen LogP contribution >= 0.6 is 12.4 Å². The minimum absolute atomic E-state index is 0. The van der Waals surface area contributed by atoms with E-state index in [1.54, 1.807) is 12.1 Å². The van der Waals surface area contributed by atoms with E-state index in [0.717, 1.165) is 6.42 Å². The van der Waals surface area contributed by atoms with Crippen LogP contribution in [0.3, 0.4) is 0 Å². The maximum Gasteiger partial charge on any atom is 0.270 e. The van der Waals surface area contributed by atoms with E-state index in [9.17, 15) is 4.79 Å². The lowest BCUT2D eigenvalue weighted by molar-refractivity contribution is 0.0944. The molecule has 0 aromatic carbocycles. The molecule has 2 unspecified atom stereocenters. The predicted molar refractivity (Wildman–Crippen MR) is 70.2 cm³/mol. The number of hydrogen-bond acceptors (Lipinski definition) is 3. The number of pyridine rings is 1. The Morgan fingerprint density at radius 3 is 2.94 bits per heavy atom. The summed E-state index contributed by atoms with van der Waals surface area (Å²) in [5, 5.41) is 2.98. The van der Waals surface area contributed by atoms with E-state index in [1.165, 1.54) is 19.0 Å². The lowest BCUT2D eigenvalue weighted by Crippen LogP contribution is -2.27. The van der Waals surface area contributed by atoms with Crippen molar-refractivity contribution < 1.29 is 4.79 Å². The highest BCUT2D eigenvalue weighted by atomic mass is 35.5. The fourth-order valence-corrected chi connectivity index (χ4v) is 1.90. The number of nitrogens with zero attached hydrogens (tertiary/aromatic N) is 1. The molecule has 3 N–H and O–H groups in total. The summed E-state index contributed by atoms with van der Waals surface area (Å²) in [6.07, 6.45) is 4.98. The number of nitrogens with one attached hydrogen (secondary N) is 1. The molecular weight excluding hydrogens is 238 g/mol. The van der Waals surface area contributed by atoms with Crippen LogP contribution < -0.4 is 11.1 Å². The monoisotopic (exact) mass is 255 g/mol. The van der Waals surface area contributed by atoms with Crippen LogP contribution in [-0.2, 0) is 0 Å². The van der Waals surface area contributed by atoms with Gasteiger partial charge in [-0.15, -0.1) is 12.4 Å². The lowest BCUT2D eigenvalue weighted by Gasteiger charge is -2.03. The van der Waals surface area contributed by atoms with Crippen LogP contribution in [0.2, 0.25) is 0 Å². The SMILES string of the molecule is CCCC1CC1NC(=O)c1ccc(N)cn1.Cl. The highest BCUT2D eigenvalue weighted by Gasteiger charge is 2.37. The first kappa shape index (κ1) is 13.8. The van der Waals surface area contributed by atoms with E-state index in [1.807, 2.05) is 0 Å². The third-order valence-corrected chi connectivity index (χ3v) is 2.92. The Hall–Kier alpha value is -1.29. The van der Waals surface area contributed by atoms with Crippen molar-refractivity contribution in [2.24, 2.45) is 5.92 Å². The van der Waals surface area contributed by atoms with E-state index >= 15 is 0 Å². The number of hydrogen-bond donors (Lipinski definition) is 2. The third-order valence-electron chi connectivity index (χ3n) is 2.92. The number of rotatable bonds is 4. The van der Waals surface area contributed by atoms with Gasteiger partial charge >= 0.3 is 0 Å². The van der Waals surface area contributed by atoms with Crippen LogP contribution in [0.15, 0.2) is 18.3 Å². The molecule has 1 aromatic rings. The fraction of sp³-hybridized carbons (Fsp3) is 0.500. The zero-order valence-electron chi connectivity index (χ0n) is 9.85. The maximum atomic E-state index is 11.7. The van der Waals surface area contributed by atoms with Gasteiger partial charge in [-0.2, -0.15) is 0 Å². The zero-order chi connectivity index (χ0) is 11.5. The van der Waals surface area contributed by atoms with Gasteiger partial charge in [-0.1, -0.05) is 13.3 Å². The van der Waals surface area contributed by atoms with Gasteiger partial charge in [-0.3, -0.25) is 4.79 Å². The third kappa shape index (κ3) is 3.60. The van der Waals surface area contributed by atoms with Gasteiger partial charge in [0.15, 0.2) is 0 Å². The second-order valence-corrected chi connectivity index (χ2v) is 4.34. The molecule has 94 valence electrons. The number of aromatic nitrogens is 1. The van der Waals surface area contributed by atoms with Crippen molar-refractivity contribution in [1.82, 2.24) is 10.3 Å². The highest BCUT2D eigenvalue weighted by molar-refractivity contribution is 5.92. The average Bonchev–Trinajstić information content (AvgIpc) is 2.98. The molecule has 1 fully saturated rings. The normalized spacial score (nSPS) is 21.5. The Morgan fingerprint density at radius 2 is 2.35 bits per heavy atom. The van der Waals surface area contributed by atoms with Crippen LogP contribution in [-0.4, -0.2) is 16.9 Å². The largest absolute Gasteiger partial charge is 0.397 e. The molecule has 0 saturated heterocycles. The Kier molecular flexibility index (Phi) is 4.75. The number of amides is 1. The molecule has 4 nitrogen and oxygen atoms in total. The van der Waals surface area contributed by atoms with Crippen LogP contribution in [0, 0.1) is 5.92 Å². The van der Waals surface area contributed by atoms with E-state index in [2.05, 4.69) is 17.2 Å². The van der Waals surface area contributed by atoms with Crippen molar-refractivity contribution in [3.63, 3.8) is 0 Å². The fourth-order valence-electron chi connectivity index (χ4n) is 1.90. The van der Waals surface area contributed by atoms with Crippen molar-refractivity contribution >= 4 is 24.0 Å². The molecule has 1 amide bonds. The summed E-state index contributed by atoms with van der Waals surface area (Å²) >= 11 is 0. The zero-order valence-corrected chi connectivity index (χ0v) is 10.7. The number of anilines is 1. The summed E-state index contributed by atoms with van der Waals surface area (Å²) in [7, 11) is 0. The van der Waals surface area contributed by atoms with Crippen LogP contribution in [0.1, 0.15) is 36.7 Å². The Morgan fingerprint density at radius 1 is 1.59 bits per heavy atom. The van der Waals surface area contributed by atoms with Gasteiger partial charge in [0, 0.05) is 6.04 Å². The first-order chi connectivity index (χ1) is 7.70. The molecule has 0 bridgehead atoms. The molecule has 2 rings (SSSR count). The molecule has 0 radical (unpaired) electrons. The van der Waals surface area contributed by atoms with Gasteiger partial charge in [0.25, 0.3) is 5.91 Å². The minimum Gasteiger partial charge on any atom is -0.397 e. The number of nitrogen functional groups attached to an aromatic ring is 1. The second kappa shape index (κ2) is 5.87. The summed E-state index contributed by atoms with van der Waals surface area (Å²) in [5.41, 5.74) is 6.52. The van der Waals surface area contributed by atoms with E-state index in [4.69, 9.17) is 5.73 Å². The van der Waals surface area contributed by atoms with Gasteiger partial charge < -0.3 is 11.1 Å². The van der Waals surface area contributed by atoms with Crippen LogP contribution in [0.4, 0.5) is 5.69 Å². The first-order valence-corrected chi connectivity index (χ1v) is 5.73. The molecule has 1 saturated carbocycles. The quantitative estimate of drug-likeness (QED) is 0.865. The predicted octanol–water partition coefficient (Wildman–Crippen LogP) is 2.00. The molecule has 5 heteroatoms. The Balaban J connectivity index is 0.00000144. The number of carbonyl (C=O) groups is 1. The van der Waals surface area contributed by atoms with Gasteiger partial charge in [0.2, 0.25) is 0 Å². The molecule has 2 atom stereocenters. The Bertz CT molecular complexity index is 380. The summed E-state index contributed by atoms with van der Waals surface area (Å²) in [6.45, 7) is 2.17. The summed E-state index contributed by atoms with van der Waals surface area (Å²) in [6, 6.07) is 3.70. The molecule has 1 aliphatic carbocycles. The van der Waals surface area contributed by atoms with Gasteiger partial charge in [-0.25, -0.2) is 4.98 Å². The van der Waals surface area contributed by atoms with Crippen molar-refractivity contribution in [1.29, 1.82) is 0 Å². The topological polar surface area (TPSA) is 68.0 Å². The van der Waals surface area contributed by atoms with Crippen molar-refractivity contribution in [2.45, 2.75) is 32.2 Å². The summed E-state index contributed by atoms with van der Waals surface area (Å²) in [4.78, 5) is 15.7. The molecule has 1 aromatic heterocycles. The maximum absolute atomic E-state index is 11.7. The molecule has 0 aliphatic heterocycles. The van der Waals surface area contributed by atoms with E-state index < -0.39 is 0 Å². The van der Waals surface area contributed by atoms with Crippen molar-refractivity contribution in [2.75, 3.05) is 5.73 Å². The number of carbonyl (C=O) groups excluding carboxylic acids is 1. The van der Waals surface area contributed by atoms with Gasteiger partial charge in [0.1, 0.15) is 5.69 Å². The highest BCUT2D eigenvalue weighted by Crippen LogP contribution is 2.34. The van der Waals surface area contributed by atoms with Crippen molar-refractivity contribution in [3.05, 3.63) is 24.0 Å². The van der Waals surface area contributed by atoms with Crippen LogP contribution in [0.25, 0.3) is 0 Å². The lowest BCUT2D eigenvalue weighted by atomic mass is 10.2. The van der Waals surface area contributed by atoms with Gasteiger partial charge in [-0.05, 0) is 30.9 Å². The molecule has 1 aliphatic rings. The van der Waals surface area contributed by atoms with Crippen LogP contribution in [0.5, 0.6) is 0 Å². The smallest absolute Gasteiger partial charge is 0.270 e. The van der Waals surface area contributed by atoms with Gasteiger partial charge in [0.05, 0.1) is 11.9 Å². The number of nitrogens with two attached hydrogens (primary N) is 1.